The Morgan fingerprint density at radius 1 is 0.848 bits per heavy atom. The molecule has 166 valence electrons. The van der Waals surface area contributed by atoms with E-state index >= 15 is 0 Å². The lowest BCUT2D eigenvalue weighted by atomic mass is 9.91. The second-order valence-corrected chi connectivity index (χ2v) is 8.95. The van der Waals surface area contributed by atoms with Gasteiger partial charge in [-0.05, 0) is 78.6 Å². The SMILES string of the molecule is O=C(CC1CC=CCC1)Nc1ccc(C(=O)N2Cc3ccccc3Cc3ccccc32)cc1. The van der Waals surface area contributed by atoms with Crippen molar-refractivity contribution >= 4 is 23.2 Å². The van der Waals surface area contributed by atoms with E-state index in [0.717, 1.165) is 42.6 Å². The van der Waals surface area contributed by atoms with Crippen molar-refractivity contribution in [1.82, 2.24) is 0 Å². The molecule has 4 nitrogen and oxygen atoms in total. The van der Waals surface area contributed by atoms with Gasteiger partial charge >= 0.3 is 0 Å². The highest BCUT2D eigenvalue weighted by Crippen LogP contribution is 2.32. The number of nitrogens with zero attached hydrogens (tertiary/aromatic N) is 1. The van der Waals surface area contributed by atoms with E-state index < -0.39 is 0 Å². The third kappa shape index (κ3) is 4.75. The van der Waals surface area contributed by atoms with Crippen molar-refractivity contribution in [2.45, 2.75) is 38.6 Å². The number of anilines is 2. The number of hydrogen-bond donors (Lipinski definition) is 1. The van der Waals surface area contributed by atoms with Gasteiger partial charge in [0.1, 0.15) is 0 Å². The molecule has 0 bridgehead atoms. The molecule has 33 heavy (non-hydrogen) atoms. The summed E-state index contributed by atoms with van der Waals surface area (Å²) in [4.78, 5) is 27.8. The number of fused-ring (bicyclic) bond motifs is 2. The fourth-order valence-corrected chi connectivity index (χ4v) is 4.82. The molecule has 0 aromatic heterocycles. The maximum Gasteiger partial charge on any atom is 0.258 e. The molecule has 0 saturated carbocycles. The van der Waals surface area contributed by atoms with Crippen molar-refractivity contribution in [2.24, 2.45) is 5.92 Å². The zero-order valence-electron chi connectivity index (χ0n) is 18.7. The maximum absolute atomic E-state index is 13.6. The number of para-hydroxylation sites is 1. The molecule has 2 aliphatic rings. The predicted octanol–water partition coefficient (Wildman–Crippen LogP) is 6.12. The highest BCUT2D eigenvalue weighted by atomic mass is 16.2. The van der Waals surface area contributed by atoms with E-state index in [2.05, 4.69) is 41.7 Å². The Hall–Kier alpha value is -3.66. The Bertz CT molecular complexity index is 1200. The highest BCUT2D eigenvalue weighted by molar-refractivity contribution is 6.07. The van der Waals surface area contributed by atoms with E-state index in [-0.39, 0.29) is 11.8 Å². The van der Waals surface area contributed by atoms with Crippen LogP contribution in [0.15, 0.2) is 84.9 Å². The lowest BCUT2D eigenvalue weighted by Crippen LogP contribution is -2.30. The smallest absolute Gasteiger partial charge is 0.258 e. The van der Waals surface area contributed by atoms with Gasteiger partial charge in [0.15, 0.2) is 0 Å². The van der Waals surface area contributed by atoms with Gasteiger partial charge in [-0.3, -0.25) is 9.59 Å². The van der Waals surface area contributed by atoms with Crippen molar-refractivity contribution in [3.63, 3.8) is 0 Å². The molecule has 1 unspecified atom stereocenters. The molecule has 0 spiro atoms. The summed E-state index contributed by atoms with van der Waals surface area (Å²) in [6.07, 6.45) is 8.80. The summed E-state index contributed by atoms with van der Waals surface area (Å²) in [7, 11) is 0. The first-order chi connectivity index (χ1) is 16.2. The Labute approximate surface area is 194 Å². The number of carbonyl (C=O) groups is 2. The third-order valence-electron chi connectivity index (χ3n) is 6.62. The van der Waals surface area contributed by atoms with Crippen LogP contribution in [0.5, 0.6) is 0 Å². The van der Waals surface area contributed by atoms with Crippen LogP contribution in [0.25, 0.3) is 0 Å². The van der Waals surface area contributed by atoms with Gasteiger partial charge in [0.05, 0.1) is 6.54 Å². The van der Waals surface area contributed by atoms with E-state index in [0.29, 0.717) is 24.4 Å². The standard InChI is InChI=1S/C29H28N2O2/c32-28(18-21-8-2-1-3-9-21)30-26-16-14-22(15-17-26)29(33)31-20-25-12-5-4-10-23(25)19-24-11-6-7-13-27(24)31/h1-2,4-7,10-17,21H,3,8-9,18-20H2,(H,30,32). The first-order valence-corrected chi connectivity index (χ1v) is 11.7. The Morgan fingerprint density at radius 3 is 2.33 bits per heavy atom. The summed E-state index contributed by atoms with van der Waals surface area (Å²) in [5.74, 6) is 0.417. The van der Waals surface area contributed by atoms with Crippen LogP contribution in [0, 0.1) is 5.92 Å². The largest absolute Gasteiger partial charge is 0.326 e. The first kappa shape index (κ1) is 21.2. The molecule has 4 heteroatoms. The lowest BCUT2D eigenvalue weighted by Gasteiger charge is -2.23. The molecule has 1 heterocycles. The van der Waals surface area contributed by atoms with E-state index in [4.69, 9.17) is 0 Å². The molecule has 1 aliphatic heterocycles. The first-order valence-electron chi connectivity index (χ1n) is 11.7. The Morgan fingerprint density at radius 2 is 1.58 bits per heavy atom. The number of carbonyl (C=O) groups excluding carboxylic acids is 2. The molecule has 1 aliphatic carbocycles. The number of nitrogens with one attached hydrogen (secondary N) is 1. The van der Waals surface area contributed by atoms with Gasteiger partial charge in [-0.1, -0.05) is 54.6 Å². The Kier molecular flexibility index (Phi) is 6.07. The minimum Gasteiger partial charge on any atom is -0.326 e. The monoisotopic (exact) mass is 436 g/mol. The van der Waals surface area contributed by atoms with Crippen LogP contribution in [-0.2, 0) is 17.8 Å². The summed E-state index contributed by atoms with van der Waals surface area (Å²) in [6.45, 7) is 0.542. The summed E-state index contributed by atoms with van der Waals surface area (Å²) in [5, 5.41) is 2.99. The number of rotatable bonds is 4. The van der Waals surface area contributed by atoms with Gasteiger partial charge in [0, 0.05) is 23.4 Å². The minimum atomic E-state index is -0.0361. The van der Waals surface area contributed by atoms with E-state index in [1.54, 1.807) is 12.1 Å². The van der Waals surface area contributed by atoms with Crippen LogP contribution in [-0.4, -0.2) is 11.8 Å². The average molecular weight is 437 g/mol. The molecule has 0 radical (unpaired) electrons. The van der Waals surface area contributed by atoms with Gasteiger partial charge in [0.2, 0.25) is 5.91 Å². The molecule has 0 fully saturated rings. The van der Waals surface area contributed by atoms with E-state index in [1.165, 1.54) is 11.1 Å². The number of allylic oxidation sites excluding steroid dienone is 2. The normalized spacial score (nSPS) is 17.0. The lowest BCUT2D eigenvalue weighted by molar-refractivity contribution is -0.117. The molecular formula is C29H28N2O2. The molecule has 5 rings (SSSR count). The predicted molar refractivity (Wildman–Crippen MR) is 132 cm³/mol. The Balaban J connectivity index is 1.33. The van der Waals surface area contributed by atoms with Crippen molar-refractivity contribution in [2.75, 3.05) is 10.2 Å². The quantitative estimate of drug-likeness (QED) is 0.501. The van der Waals surface area contributed by atoms with Crippen molar-refractivity contribution in [3.05, 3.63) is 107 Å². The van der Waals surface area contributed by atoms with Crippen LogP contribution >= 0.6 is 0 Å². The zero-order valence-corrected chi connectivity index (χ0v) is 18.7. The van der Waals surface area contributed by atoms with Gasteiger partial charge in [-0.2, -0.15) is 0 Å². The summed E-state index contributed by atoms with van der Waals surface area (Å²) in [5.41, 5.74) is 5.87. The van der Waals surface area contributed by atoms with Crippen LogP contribution in [0.1, 0.15) is 52.7 Å². The second kappa shape index (κ2) is 9.45. The fourth-order valence-electron chi connectivity index (χ4n) is 4.82. The van der Waals surface area contributed by atoms with E-state index in [9.17, 15) is 9.59 Å². The average Bonchev–Trinajstić information content (AvgIpc) is 3.01. The summed E-state index contributed by atoms with van der Waals surface area (Å²) in [6, 6.07) is 23.7. The number of benzene rings is 3. The topological polar surface area (TPSA) is 49.4 Å². The maximum atomic E-state index is 13.6. The minimum absolute atomic E-state index is 0.0347. The molecule has 1 N–H and O–H groups in total. The number of hydrogen-bond acceptors (Lipinski definition) is 2. The van der Waals surface area contributed by atoms with Crippen LogP contribution < -0.4 is 10.2 Å². The van der Waals surface area contributed by atoms with E-state index in [1.807, 2.05) is 41.3 Å². The van der Waals surface area contributed by atoms with Gasteiger partial charge < -0.3 is 10.2 Å². The fraction of sp³-hybridized carbons (Fsp3) is 0.241. The number of amides is 2. The zero-order chi connectivity index (χ0) is 22.6. The van der Waals surface area contributed by atoms with Gasteiger partial charge in [-0.25, -0.2) is 0 Å². The highest BCUT2D eigenvalue weighted by Gasteiger charge is 2.24. The second-order valence-electron chi connectivity index (χ2n) is 8.95. The molecule has 3 aromatic rings. The van der Waals surface area contributed by atoms with Crippen molar-refractivity contribution in [1.29, 1.82) is 0 Å². The molecule has 0 saturated heterocycles. The van der Waals surface area contributed by atoms with Crippen molar-refractivity contribution < 1.29 is 9.59 Å². The van der Waals surface area contributed by atoms with Crippen LogP contribution in [0.4, 0.5) is 11.4 Å². The summed E-state index contributed by atoms with van der Waals surface area (Å²) < 4.78 is 0. The van der Waals surface area contributed by atoms with Gasteiger partial charge in [0.25, 0.3) is 5.91 Å². The van der Waals surface area contributed by atoms with Crippen molar-refractivity contribution in [3.8, 4) is 0 Å². The van der Waals surface area contributed by atoms with Gasteiger partial charge in [-0.15, -0.1) is 0 Å². The molecule has 1 atom stereocenters. The molecule has 2 amide bonds. The third-order valence-corrected chi connectivity index (χ3v) is 6.62. The van der Waals surface area contributed by atoms with Crippen LogP contribution in [0.3, 0.4) is 0 Å². The molecular weight excluding hydrogens is 408 g/mol. The summed E-state index contributed by atoms with van der Waals surface area (Å²) >= 11 is 0. The van der Waals surface area contributed by atoms with Crippen LogP contribution in [0.2, 0.25) is 0 Å². The molecule has 3 aromatic carbocycles.